The molecule has 1 amide bonds. The molecule has 1 fully saturated rings. The number of carbonyl (C=O) groups excluding carboxylic acids is 5. The first-order chi connectivity index (χ1) is 24.8. The summed E-state index contributed by atoms with van der Waals surface area (Å²) >= 11 is 0. The lowest BCUT2D eigenvalue weighted by molar-refractivity contribution is -0.310. The highest BCUT2D eigenvalue weighted by Crippen LogP contribution is 2.31. The molecule has 4 aromatic carbocycles. The lowest BCUT2D eigenvalue weighted by Gasteiger charge is -2.43. The van der Waals surface area contributed by atoms with E-state index in [0.717, 1.165) is 0 Å². The van der Waals surface area contributed by atoms with Crippen LogP contribution in [0.25, 0.3) is 0 Å². The van der Waals surface area contributed by atoms with Gasteiger partial charge in [0.15, 0.2) is 18.3 Å². The molecule has 0 spiro atoms. The van der Waals surface area contributed by atoms with Crippen molar-refractivity contribution in [3.63, 3.8) is 0 Å². The maximum atomic E-state index is 13.6. The number of hydrogen-bond acceptors (Lipinski definition) is 11. The molecule has 1 N–H and O–H groups in total. The molecule has 12 nitrogen and oxygen atoms in total. The fourth-order valence-corrected chi connectivity index (χ4v) is 5.03. The third kappa shape index (κ3) is 9.97. The van der Waals surface area contributed by atoms with E-state index >= 15 is 0 Å². The molecule has 0 aliphatic carbocycles. The fourth-order valence-electron chi connectivity index (χ4n) is 5.03. The van der Waals surface area contributed by atoms with Gasteiger partial charge in [0.1, 0.15) is 12.7 Å². The Balaban J connectivity index is 1.54. The smallest absolute Gasteiger partial charge is 0.338 e. The number of benzene rings is 4. The van der Waals surface area contributed by atoms with Crippen molar-refractivity contribution in [3.05, 3.63) is 156 Å². The minimum atomic E-state index is -1.66. The predicted octanol–water partition coefficient (Wildman–Crippen LogP) is 5.26. The summed E-state index contributed by atoms with van der Waals surface area (Å²) in [7, 11) is 0. The van der Waals surface area contributed by atoms with E-state index in [1.54, 1.807) is 91.0 Å². The zero-order chi connectivity index (χ0) is 36.0. The summed E-state index contributed by atoms with van der Waals surface area (Å²) in [6.45, 7) is 3.07. The quantitative estimate of drug-likeness (QED) is 0.0797. The third-order valence-electron chi connectivity index (χ3n) is 7.60. The van der Waals surface area contributed by atoms with E-state index in [4.69, 9.17) is 28.5 Å². The standard InChI is InChI=1S/C39H35NO11/c1-2-3-24-31(41)40-51-39-34(50-38(45)29-22-14-7-15-23-29)33(49-37(44)28-20-12-6-13-21-28)32(48-36(43)27-18-10-5-11-19-27)30(47-39)25-46-35(42)26-16-8-4-9-17-26/h2,4-23,30,32-34,39H,1,3,24-25H2,(H,40,41)/t30-,32+,33+,34-,39+/m1/s1. The second-order valence-electron chi connectivity index (χ2n) is 11.2. The highest BCUT2D eigenvalue weighted by Gasteiger charge is 2.54. The van der Waals surface area contributed by atoms with Gasteiger partial charge in [0.2, 0.25) is 12.2 Å². The lowest BCUT2D eigenvalue weighted by Crippen LogP contribution is -2.64. The second kappa shape index (κ2) is 18.0. The van der Waals surface area contributed by atoms with Crippen LogP contribution in [0.3, 0.4) is 0 Å². The van der Waals surface area contributed by atoms with Gasteiger partial charge in [0.05, 0.1) is 22.3 Å². The highest BCUT2D eigenvalue weighted by molar-refractivity contribution is 5.91. The Kier molecular flexibility index (Phi) is 12.8. The Labute approximate surface area is 293 Å². The molecule has 1 heterocycles. The van der Waals surface area contributed by atoms with E-state index < -0.39 is 67.1 Å². The molecule has 5 atom stereocenters. The molecular weight excluding hydrogens is 658 g/mol. The van der Waals surface area contributed by atoms with E-state index in [2.05, 4.69) is 12.1 Å². The predicted molar refractivity (Wildman–Crippen MR) is 181 cm³/mol. The molecule has 262 valence electrons. The minimum absolute atomic E-state index is 0.00649. The van der Waals surface area contributed by atoms with E-state index in [1.165, 1.54) is 36.4 Å². The van der Waals surface area contributed by atoms with E-state index in [0.29, 0.717) is 6.42 Å². The van der Waals surface area contributed by atoms with Crippen molar-refractivity contribution in [2.24, 2.45) is 0 Å². The van der Waals surface area contributed by atoms with Gasteiger partial charge >= 0.3 is 23.9 Å². The van der Waals surface area contributed by atoms with Crippen molar-refractivity contribution >= 4 is 29.8 Å². The number of allylic oxidation sites excluding steroid dienone is 1. The van der Waals surface area contributed by atoms with Crippen LogP contribution in [0, 0.1) is 0 Å². The van der Waals surface area contributed by atoms with Crippen LogP contribution in [-0.2, 0) is 33.3 Å². The first kappa shape index (κ1) is 36.2. The number of hydrogen-bond donors (Lipinski definition) is 1. The molecule has 51 heavy (non-hydrogen) atoms. The van der Waals surface area contributed by atoms with Gasteiger partial charge in [0, 0.05) is 6.42 Å². The Hall–Kier alpha value is -6.11. The molecule has 12 heteroatoms. The number of carbonyl (C=O) groups is 5. The van der Waals surface area contributed by atoms with Gasteiger partial charge in [-0.25, -0.2) is 29.5 Å². The molecule has 1 aliphatic rings. The Morgan fingerprint density at radius 1 is 0.588 bits per heavy atom. The maximum Gasteiger partial charge on any atom is 0.338 e. The molecule has 1 saturated heterocycles. The summed E-state index contributed by atoms with van der Waals surface area (Å²) in [6.07, 6.45) is -5.96. The topological polar surface area (TPSA) is 153 Å². The van der Waals surface area contributed by atoms with Gasteiger partial charge in [0.25, 0.3) is 0 Å². The van der Waals surface area contributed by atoms with Crippen LogP contribution in [0.1, 0.15) is 54.3 Å². The van der Waals surface area contributed by atoms with Gasteiger partial charge in [-0.2, -0.15) is 0 Å². The molecule has 4 aromatic rings. The SMILES string of the molecule is C=CCCC(=O)NO[C@@H]1O[C@H](COC(=O)c2ccccc2)[C@H](OC(=O)c2ccccc2)[C@H](OC(=O)c2ccccc2)[C@H]1OC(=O)c1ccccc1. The number of ether oxygens (including phenoxy) is 5. The number of amides is 1. The number of rotatable bonds is 14. The van der Waals surface area contributed by atoms with Crippen LogP contribution < -0.4 is 5.48 Å². The molecule has 0 bridgehead atoms. The van der Waals surface area contributed by atoms with E-state index in [-0.39, 0.29) is 28.7 Å². The van der Waals surface area contributed by atoms with Crippen LogP contribution in [0.5, 0.6) is 0 Å². The fraction of sp³-hybridized carbons (Fsp3) is 0.205. The summed E-state index contributed by atoms with van der Waals surface area (Å²) in [4.78, 5) is 71.9. The monoisotopic (exact) mass is 693 g/mol. The van der Waals surface area contributed by atoms with Gasteiger partial charge in [-0.15, -0.1) is 6.58 Å². The molecule has 0 radical (unpaired) electrons. The molecule has 0 aromatic heterocycles. The largest absolute Gasteiger partial charge is 0.459 e. The van der Waals surface area contributed by atoms with Crippen molar-refractivity contribution in [3.8, 4) is 0 Å². The van der Waals surface area contributed by atoms with E-state index in [9.17, 15) is 24.0 Å². The normalized spacial score (nSPS) is 19.5. The van der Waals surface area contributed by atoms with Crippen LogP contribution >= 0.6 is 0 Å². The lowest BCUT2D eigenvalue weighted by atomic mass is 9.97. The summed E-state index contributed by atoms with van der Waals surface area (Å²) < 4.78 is 29.5. The zero-order valence-electron chi connectivity index (χ0n) is 27.3. The molecule has 0 saturated carbocycles. The Bertz CT molecular complexity index is 1790. The maximum absolute atomic E-state index is 13.6. The third-order valence-corrected chi connectivity index (χ3v) is 7.60. The number of hydroxylamine groups is 1. The average Bonchev–Trinajstić information content (AvgIpc) is 3.18. The van der Waals surface area contributed by atoms with Gasteiger partial charge < -0.3 is 23.7 Å². The van der Waals surface area contributed by atoms with Crippen LogP contribution in [0.15, 0.2) is 134 Å². The van der Waals surface area contributed by atoms with Crippen molar-refractivity contribution in [1.29, 1.82) is 0 Å². The molecule has 0 unspecified atom stereocenters. The summed E-state index contributed by atoms with van der Waals surface area (Å²) in [5.74, 6) is -3.85. The van der Waals surface area contributed by atoms with E-state index in [1.807, 2.05) is 0 Å². The number of esters is 4. The van der Waals surface area contributed by atoms with Crippen LogP contribution in [-0.4, -0.2) is 67.1 Å². The number of nitrogens with one attached hydrogen (secondary N) is 1. The van der Waals surface area contributed by atoms with Crippen molar-refractivity contribution in [2.45, 2.75) is 43.5 Å². The average molecular weight is 694 g/mol. The molecular formula is C39H35NO11. The van der Waals surface area contributed by atoms with Crippen molar-refractivity contribution in [2.75, 3.05) is 6.61 Å². The summed E-state index contributed by atoms with van der Waals surface area (Å²) in [5.41, 5.74) is 2.92. The van der Waals surface area contributed by atoms with Gasteiger partial charge in [-0.1, -0.05) is 78.9 Å². The van der Waals surface area contributed by atoms with Gasteiger partial charge in [-0.3, -0.25) is 4.79 Å². The van der Waals surface area contributed by atoms with Crippen molar-refractivity contribution < 1.29 is 52.5 Å². The highest BCUT2D eigenvalue weighted by atomic mass is 16.8. The Morgan fingerprint density at radius 2 is 1.00 bits per heavy atom. The summed E-state index contributed by atoms with van der Waals surface area (Å²) in [5, 5.41) is 0. The first-order valence-corrected chi connectivity index (χ1v) is 16.0. The van der Waals surface area contributed by atoms with Crippen LogP contribution in [0.2, 0.25) is 0 Å². The molecule has 1 aliphatic heterocycles. The molecule has 5 rings (SSSR count). The second-order valence-corrected chi connectivity index (χ2v) is 11.2. The van der Waals surface area contributed by atoms with Crippen LogP contribution in [0.4, 0.5) is 0 Å². The minimum Gasteiger partial charge on any atom is -0.459 e. The first-order valence-electron chi connectivity index (χ1n) is 16.0. The summed E-state index contributed by atoms with van der Waals surface area (Å²) in [6, 6.07) is 32.0. The van der Waals surface area contributed by atoms with Crippen molar-refractivity contribution in [1.82, 2.24) is 5.48 Å². The Morgan fingerprint density at radius 3 is 1.45 bits per heavy atom. The van der Waals surface area contributed by atoms with Gasteiger partial charge in [-0.05, 0) is 55.0 Å². The zero-order valence-corrected chi connectivity index (χ0v) is 27.3.